The molecule has 3 N–H and O–H groups in total. The third-order valence-corrected chi connectivity index (χ3v) is 3.86. The summed E-state index contributed by atoms with van der Waals surface area (Å²) in [4.78, 5) is 12.4. The van der Waals surface area contributed by atoms with Gasteiger partial charge in [-0.25, -0.2) is 17.5 Å². The van der Waals surface area contributed by atoms with E-state index >= 15 is 0 Å². The third-order valence-electron chi connectivity index (χ3n) is 2.36. The summed E-state index contributed by atoms with van der Waals surface area (Å²) in [5.41, 5.74) is 4.15. The Kier molecular flexibility index (Phi) is 3.82. The number of anilines is 1. The van der Waals surface area contributed by atoms with E-state index in [9.17, 15) is 22.9 Å². The second kappa shape index (κ2) is 5.41. The number of hydrogen-bond donors (Lipinski definition) is 2. The zero-order valence-corrected chi connectivity index (χ0v) is 11.0. The zero-order valence-electron chi connectivity index (χ0n) is 10.2. The summed E-state index contributed by atoms with van der Waals surface area (Å²) >= 11 is 0. The second-order valence-electron chi connectivity index (χ2n) is 3.78. The van der Waals surface area contributed by atoms with Crippen LogP contribution >= 0.6 is 0 Å². The molecule has 0 amide bonds. The first kappa shape index (κ1) is 14.8. The standard InChI is InChI=1S/C9H8FN5O5S/c10-6-1-5(15(16)17)2-7(11)9(6)21(18,19)13-3-8-12-4-20-14-8/h1-2,4,13H,3,11H2. The van der Waals surface area contributed by atoms with Gasteiger partial charge in [0.25, 0.3) is 5.69 Å². The van der Waals surface area contributed by atoms with E-state index < -0.39 is 37.0 Å². The number of nitrogens with one attached hydrogen (secondary N) is 1. The molecule has 1 aromatic heterocycles. The van der Waals surface area contributed by atoms with Gasteiger partial charge < -0.3 is 10.3 Å². The molecule has 0 bridgehead atoms. The van der Waals surface area contributed by atoms with E-state index in [0.29, 0.717) is 6.07 Å². The zero-order chi connectivity index (χ0) is 15.6. The number of nitro benzene ring substituents is 1. The molecule has 0 aliphatic carbocycles. The molecular weight excluding hydrogens is 309 g/mol. The second-order valence-corrected chi connectivity index (χ2v) is 5.48. The fraction of sp³-hybridized carbons (Fsp3) is 0.111. The van der Waals surface area contributed by atoms with Crippen LogP contribution in [-0.2, 0) is 16.6 Å². The Hall–Kier alpha value is -2.60. The molecule has 0 saturated heterocycles. The molecule has 21 heavy (non-hydrogen) atoms. The predicted molar refractivity (Wildman–Crippen MR) is 65.8 cm³/mol. The summed E-state index contributed by atoms with van der Waals surface area (Å²) in [6, 6.07) is 1.23. The maximum absolute atomic E-state index is 13.8. The molecule has 1 heterocycles. The summed E-state index contributed by atoms with van der Waals surface area (Å²) in [7, 11) is -4.33. The molecule has 0 radical (unpaired) electrons. The number of nitrogen functional groups attached to an aromatic ring is 1. The summed E-state index contributed by atoms with van der Waals surface area (Å²) in [6.45, 7) is -0.352. The summed E-state index contributed by atoms with van der Waals surface area (Å²) < 4.78 is 44.1. The minimum atomic E-state index is -4.33. The molecule has 0 aliphatic rings. The van der Waals surface area contributed by atoms with Crippen molar-refractivity contribution in [1.29, 1.82) is 0 Å². The van der Waals surface area contributed by atoms with Crippen LogP contribution in [0.5, 0.6) is 0 Å². The van der Waals surface area contributed by atoms with E-state index in [2.05, 4.69) is 14.7 Å². The van der Waals surface area contributed by atoms with Gasteiger partial charge in [0.05, 0.1) is 23.2 Å². The number of nitro groups is 1. The summed E-state index contributed by atoms with van der Waals surface area (Å²) in [5.74, 6) is -1.30. The molecule has 0 spiro atoms. The highest BCUT2D eigenvalue weighted by Crippen LogP contribution is 2.27. The van der Waals surface area contributed by atoms with Crippen molar-refractivity contribution in [1.82, 2.24) is 14.9 Å². The van der Waals surface area contributed by atoms with Gasteiger partial charge >= 0.3 is 0 Å². The van der Waals surface area contributed by atoms with E-state index in [0.717, 1.165) is 12.5 Å². The monoisotopic (exact) mass is 317 g/mol. The quantitative estimate of drug-likeness (QED) is 0.449. The van der Waals surface area contributed by atoms with Gasteiger partial charge in [0, 0.05) is 6.07 Å². The van der Waals surface area contributed by atoms with Gasteiger partial charge in [-0.2, -0.15) is 4.98 Å². The average Bonchev–Trinajstić information content (AvgIpc) is 2.88. The molecular formula is C9H8FN5O5S. The fourth-order valence-corrected chi connectivity index (χ4v) is 2.64. The van der Waals surface area contributed by atoms with Gasteiger partial charge in [-0.05, 0) is 0 Å². The van der Waals surface area contributed by atoms with Gasteiger partial charge in [-0.1, -0.05) is 5.16 Å². The highest BCUT2D eigenvalue weighted by molar-refractivity contribution is 7.89. The number of nitrogens with two attached hydrogens (primary N) is 1. The smallest absolute Gasteiger partial charge is 0.274 e. The summed E-state index contributed by atoms with van der Waals surface area (Å²) in [5, 5.41) is 13.9. The number of hydrogen-bond acceptors (Lipinski definition) is 8. The number of nitrogens with zero attached hydrogens (tertiary/aromatic N) is 3. The summed E-state index contributed by atoms with van der Waals surface area (Å²) in [6.07, 6.45) is 0.991. The Labute approximate surface area is 117 Å². The van der Waals surface area contributed by atoms with Crippen molar-refractivity contribution >= 4 is 21.4 Å². The highest BCUT2D eigenvalue weighted by atomic mass is 32.2. The molecule has 0 unspecified atom stereocenters. The van der Waals surface area contributed by atoms with Crippen LogP contribution in [0.25, 0.3) is 0 Å². The highest BCUT2D eigenvalue weighted by Gasteiger charge is 2.26. The van der Waals surface area contributed by atoms with Crippen molar-refractivity contribution in [3.05, 3.63) is 40.3 Å². The van der Waals surface area contributed by atoms with Crippen molar-refractivity contribution in [3.8, 4) is 0 Å². The lowest BCUT2D eigenvalue weighted by atomic mass is 10.3. The van der Waals surface area contributed by atoms with E-state index in [4.69, 9.17) is 5.73 Å². The molecule has 10 nitrogen and oxygen atoms in total. The SMILES string of the molecule is Nc1cc([N+](=O)[O-])cc(F)c1S(=O)(=O)NCc1ncon1. The number of aromatic nitrogens is 2. The minimum Gasteiger partial charge on any atom is -0.397 e. The topological polar surface area (TPSA) is 154 Å². The van der Waals surface area contributed by atoms with Crippen LogP contribution in [0.2, 0.25) is 0 Å². The lowest BCUT2D eigenvalue weighted by Gasteiger charge is -2.08. The third kappa shape index (κ3) is 3.11. The molecule has 0 fully saturated rings. The average molecular weight is 317 g/mol. The van der Waals surface area contributed by atoms with Gasteiger partial charge in [0.15, 0.2) is 11.6 Å². The first-order valence-corrected chi connectivity index (χ1v) is 6.78. The first-order valence-electron chi connectivity index (χ1n) is 5.29. The van der Waals surface area contributed by atoms with E-state index in [1.54, 1.807) is 0 Å². The minimum absolute atomic E-state index is 0.0273. The Balaban J connectivity index is 2.33. The van der Waals surface area contributed by atoms with Crippen molar-refractivity contribution in [2.45, 2.75) is 11.4 Å². The van der Waals surface area contributed by atoms with Crippen molar-refractivity contribution in [2.24, 2.45) is 0 Å². The van der Waals surface area contributed by atoms with Crippen molar-refractivity contribution < 1.29 is 22.3 Å². The number of non-ortho nitro benzene ring substituents is 1. The molecule has 1 aromatic carbocycles. The molecule has 2 rings (SSSR count). The van der Waals surface area contributed by atoms with Gasteiger partial charge in [0.2, 0.25) is 16.4 Å². The number of halogens is 1. The van der Waals surface area contributed by atoms with Gasteiger partial charge in [0.1, 0.15) is 4.90 Å². The lowest BCUT2D eigenvalue weighted by molar-refractivity contribution is -0.385. The van der Waals surface area contributed by atoms with Crippen LogP contribution in [0.1, 0.15) is 5.82 Å². The van der Waals surface area contributed by atoms with Crippen LogP contribution in [0.4, 0.5) is 15.8 Å². The van der Waals surface area contributed by atoms with Crippen LogP contribution in [0, 0.1) is 15.9 Å². The Morgan fingerprint density at radius 3 is 2.71 bits per heavy atom. The lowest BCUT2D eigenvalue weighted by Crippen LogP contribution is -2.25. The first-order chi connectivity index (χ1) is 9.81. The van der Waals surface area contributed by atoms with E-state index in [1.807, 2.05) is 4.72 Å². The number of benzene rings is 1. The largest absolute Gasteiger partial charge is 0.397 e. The Morgan fingerprint density at radius 1 is 1.48 bits per heavy atom. The Bertz CT molecular complexity index is 753. The van der Waals surface area contributed by atoms with Crippen molar-refractivity contribution in [3.63, 3.8) is 0 Å². The number of sulfonamides is 1. The number of rotatable bonds is 5. The van der Waals surface area contributed by atoms with Crippen LogP contribution in [-0.4, -0.2) is 23.5 Å². The van der Waals surface area contributed by atoms with Crippen LogP contribution < -0.4 is 10.5 Å². The molecule has 12 heteroatoms. The van der Waals surface area contributed by atoms with E-state index in [-0.39, 0.29) is 12.4 Å². The molecule has 0 saturated carbocycles. The van der Waals surface area contributed by atoms with Crippen LogP contribution in [0.15, 0.2) is 27.9 Å². The molecule has 0 aliphatic heterocycles. The maximum Gasteiger partial charge on any atom is 0.274 e. The van der Waals surface area contributed by atoms with Crippen molar-refractivity contribution in [2.75, 3.05) is 5.73 Å². The predicted octanol–water partition coefficient (Wildman–Crippen LogP) is 0.178. The van der Waals surface area contributed by atoms with Gasteiger partial charge in [-0.15, -0.1) is 0 Å². The van der Waals surface area contributed by atoms with Gasteiger partial charge in [-0.3, -0.25) is 10.1 Å². The fourth-order valence-electron chi connectivity index (χ4n) is 1.49. The molecule has 0 atom stereocenters. The molecule has 2 aromatic rings. The van der Waals surface area contributed by atoms with E-state index in [1.165, 1.54) is 0 Å². The Morgan fingerprint density at radius 2 is 2.19 bits per heavy atom. The molecule has 112 valence electrons. The van der Waals surface area contributed by atoms with Crippen LogP contribution in [0.3, 0.4) is 0 Å². The normalized spacial score (nSPS) is 11.5. The maximum atomic E-state index is 13.8.